The van der Waals surface area contributed by atoms with Gasteiger partial charge in [-0.1, -0.05) is 0 Å². The van der Waals surface area contributed by atoms with Crippen LogP contribution in [0.4, 0.5) is 5.82 Å². The molecule has 2 rings (SSSR count). The second kappa shape index (κ2) is 6.83. The Bertz CT molecular complexity index is 440. The monoisotopic (exact) mass is 523 g/mol. The fourth-order valence-electron chi connectivity index (χ4n) is 0.981. The number of hydrogen-bond donors (Lipinski definition) is 1. The van der Waals surface area contributed by atoms with Gasteiger partial charge in [0.1, 0.15) is 10.4 Å². The Kier molecular flexibility index (Phi) is 6.06. The van der Waals surface area contributed by atoms with Crippen molar-refractivity contribution in [3.05, 3.63) is 20.3 Å². The molecule has 0 spiro atoms. The number of carbonyl (C=O) groups is 2. The van der Waals surface area contributed by atoms with Crippen molar-refractivity contribution in [3.8, 4) is 0 Å². The number of nitrogen functional groups attached to an aromatic ring is 1. The third-order valence-corrected chi connectivity index (χ3v) is 5.11. The van der Waals surface area contributed by atoms with Crippen LogP contribution in [0.5, 0.6) is 0 Å². The molecule has 0 saturated carbocycles. The number of nitrogens with two attached hydrogens (primary N) is 1. The van der Waals surface area contributed by atoms with Gasteiger partial charge >= 0.3 is 0 Å². The summed E-state index contributed by atoms with van der Waals surface area (Å²) in [6.45, 7) is 0. The number of amides is 2. The quantitative estimate of drug-likeness (QED) is 0.245. The molecule has 0 unspecified atom stereocenters. The molecule has 92 valence electrons. The minimum Gasteiger partial charge on any atom is -0.384 e. The van der Waals surface area contributed by atoms with Crippen LogP contribution in [0.2, 0.25) is 0 Å². The maximum Gasteiger partial charge on any atom is 0.238 e. The molecule has 1 fully saturated rings. The standard InChI is InChI=1S/C5H4BrIN2.C4H4INO2/c6-5-3(7)1-2-4(8)9-5;5-6-3(7)1-2-4(6)8/h1-2H,(H2,8,9);1-2H2. The predicted octanol–water partition coefficient (Wildman–Crippen LogP) is 2.52. The first-order valence-electron chi connectivity index (χ1n) is 4.51. The molecular weight excluding hydrogens is 516 g/mol. The number of hydrogen-bond acceptors (Lipinski definition) is 4. The van der Waals surface area contributed by atoms with Crippen LogP contribution in [0, 0.1) is 3.57 Å². The fourth-order valence-corrected chi connectivity index (χ4v) is 2.10. The summed E-state index contributed by atoms with van der Waals surface area (Å²) in [6, 6.07) is 3.68. The van der Waals surface area contributed by atoms with E-state index in [0.29, 0.717) is 18.7 Å². The van der Waals surface area contributed by atoms with Crippen LogP contribution >= 0.6 is 61.4 Å². The highest BCUT2D eigenvalue weighted by molar-refractivity contribution is 14.1. The molecule has 1 aromatic heterocycles. The molecule has 2 N–H and O–H groups in total. The van der Waals surface area contributed by atoms with Gasteiger partial charge < -0.3 is 5.73 Å². The van der Waals surface area contributed by atoms with Gasteiger partial charge in [0.15, 0.2) is 0 Å². The van der Waals surface area contributed by atoms with Crippen LogP contribution in [0.15, 0.2) is 16.7 Å². The predicted molar refractivity (Wildman–Crippen MR) is 84.2 cm³/mol. The highest BCUT2D eigenvalue weighted by Crippen LogP contribution is 2.16. The van der Waals surface area contributed by atoms with Crippen LogP contribution in [-0.2, 0) is 9.59 Å². The second-order valence-corrected chi connectivity index (χ2v) is 5.96. The van der Waals surface area contributed by atoms with E-state index in [-0.39, 0.29) is 11.8 Å². The molecule has 5 nitrogen and oxygen atoms in total. The topological polar surface area (TPSA) is 76.3 Å². The van der Waals surface area contributed by atoms with Crippen LogP contribution in [0.1, 0.15) is 12.8 Å². The molecule has 8 heteroatoms. The lowest BCUT2D eigenvalue weighted by Crippen LogP contribution is -2.16. The van der Waals surface area contributed by atoms with Gasteiger partial charge in [-0.15, -0.1) is 0 Å². The van der Waals surface area contributed by atoms with Gasteiger partial charge in [-0.3, -0.25) is 9.59 Å². The van der Waals surface area contributed by atoms with E-state index in [2.05, 4.69) is 43.5 Å². The lowest BCUT2D eigenvalue weighted by atomic mass is 10.4. The molecule has 1 saturated heterocycles. The molecule has 0 atom stereocenters. The Morgan fingerprint density at radius 1 is 1.29 bits per heavy atom. The second-order valence-electron chi connectivity index (χ2n) is 3.08. The summed E-state index contributed by atoms with van der Waals surface area (Å²) in [5.41, 5.74) is 5.38. The van der Waals surface area contributed by atoms with Gasteiger partial charge in [0.25, 0.3) is 0 Å². The first kappa shape index (κ1) is 15.1. The molecule has 0 radical (unpaired) electrons. The van der Waals surface area contributed by atoms with E-state index in [9.17, 15) is 9.59 Å². The number of pyridine rings is 1. The SMILES string of the molecule is Nc1ccc(I)c(Br)n1.O=C1CCC(=O)N1I. The molecule has 0 aromatic carbocycles. The zero-order chi connectivity index (χ0) is 13.0. The van der Waals surface area contributed by atoms with E-state index in [1.165, 1.54) is 0 Å². The van der Waals surface area contributed by atoms with Crippen molar-refractivity contribution in [2.75, 3.05) is 5.73 Å². The van der Waals surface area contributed by atoms with Gasteiger partial charge in [-0.2, -0.15) is 0 Å². The smallest absolute Gasteiger partial charge is 0.238 e. The van der Waals surface area contributed by atoms with E-state index < -0.39 is 0 Å². The third kappa shape index (κ3) is 4.66. The van der Waals surface area contributed by atoms with Crippen molar-refractivity contribution in [3.63, 3.8) is 0 Å². The lowest BCUT2D eigenvalue weighted by Gasteiger charge is -1.97. The number of rotatable bonds is 0. The first-order valence-corrected chi connectivity index (χ1v) is 7.34. The average molecular weight is 524 g/mol. The van der Waals surface area contributed by atoms with E-state index in [1.54, 1.807) is 28.9 Å². The molecule has 0 aliphatic carbocycles. The highest BCUT2D eigenvalue weighted by Gasteiger charge is 2.26. The van der Waals surface area contributed by atoms with Gasteiger partial charge in [0.2, 0.25) is 11.8 Å². The molecule has 17 heavy (non-hydrogen) atoms. The number of aromatic nitrogens is 1. The van der Waals surface area contributed by atoms with Crippen molar-refractivity contribution >= 4 is 79.0 Å². The fraction of sp³-hybridized carbons (Fsp3) is 0.222. The number of carbonyl (C=O) groups excluding carboxylic acids is 2. The zero-order valence-corrected chi connectivity index (χ0v) is 14.4. The Hall–Kier alpha value is 0.0300. The normalized spacial score (nSPS) is 14.6. The van der Waals surface area contributed by atoms with Crippen molar-refractivity contribution in [1.82, 2.24) is 8.10 Å². The average Bonchev–Trinajstić information content (AvgIpc) is 2.56. The Balaban J connectivity index is 0.000000171. The summed E-state index contributed by atoms with van der Waals surface area (Å²) in [4.78, 5) is 24.9. The Morgan fingerprint density at radius 2 is 1.82 bits per heavy atom. The number of nitrogens with zero attached hydrogens (tertiary/aromatic N) is 2. The van der Waals surface area contributed by atoms with Crippen LogP contribution in [-0.4, -0.2) is 19.9 Å². The summed E-state index contributed by atoms with van der Waals surface area (Å²) >= 11 is 7.14. The lowest BCUT2D eigenvalue weighted by molar-refractivity contribution is -0.130. The van der Waals surface area contributed by atoms with Crippen molar-refractivity contribution < 1.29 is 9.59 Å². The van der Waals surface area contributed by atoms with E-state index in [4.69, 9.17) is 5.73 Å². The summed E-state index contributed by atoms with van der Waals surface area (Å²) in [6.07, 6.45) is 0.781. The molecule has 1 aromatic rings. The molecular formula is C9H8BrI2N3O2. The van der Waals surface area contributed by atoms with E-state index in [1.807, 2.05) is 6.07 Å². The maximum absolute atomic E-state index is 10.5. The van der Waals surface area contributed by atoms with Crippen molar-refractivity contribution in [2.45, 2.75) is 12.8 Å². The van der Waals surface area contributed by atoms with Crippen LogP contribution in [0.3, 0.4) is 0 Å². The van der Waals surface area contributed by atoms with E-state index >= 15 is 0 Å². The summed E-state index contributed by atoms with van der Waals surface area (Å²) in [7, 11) is 0. The molecule has 1 aliphatic rings. The minimum atomic E-state index is -0.0735. The number of imide groups is 1. The molecule has 2 heterocycles. The summed E-state index contributed by atoms with van der Waals surface area (Å²) in [5, 5.41) is 0. The Labute approximate surface area is 134 Å². The molecule has 0 bridgehead atoms. The van der Waals surface area contributed by atoms with Gasteiger partial charge in [0, 0.05) is 16.4 Å². The van der Waals surface area contributed by atoms with E-state index in [0.717, 1.165) is 11.3 Å². The number of halogens is 3. The minimum absolute atomic E-state index is 0.0735. The first-order chi connectivity index (χ1) is 7.91. The van der Waals surface area contributed by atoms with Gasteiger partial charge in [-0.05, 0) is 50.7 Å². The largest absolute Gasteiger partial charge is 0.384 e. The van der Waals surface area contributed by atoms with Gasteiger partial charge in [0.05, 0.1) is 22.9 Å². The third-order valence-electron chi connectivity index (χ3n) is 1.82. The van der Waals surface area contributed by atoms with Crippen LogP contribution in [0.25, 0.3) is 0 Å². The highest BCUT2D eigenvalue weighted by atomic mass is 127. The molecule has 2 amide bonds. The number of anilines is 1. The Morgan fingerprint density at radius 3 is 2.12 bits per heavy atom. The zero-order valence-electron chi connectivity index (χ0n) is 8.49. The van der Waals surface area contributed by atoms with Gasteiger partial charge in [-0.25, -0.2) is 8.10 Å². The summed E-state index contributed by atoms with van der Waals surface area (Å²) in [5.74, 6) is 0.397. The van der Waals surface area contributed by atoms with Crippen LogP contribution < -0.4 is 5.73 Å². The van der Waals surface area contributed by atoms with Crippen molar-refractivity contribution in [1.29, 1.82) is 0 Å². The van der Waals surface area contributed by atoms with Crippen molar-refractivity contribution in [2.24, 2.45) is 0 Å². The molecule has 1 aliphatic heterocycles. The summed E-state index contributed by atoms with van der Waals surface area (Å²) < 4.78 is 3.02. The maximum atomic E-state index is 10.5.